The van der Waals surface area contributed by atoms with E-state index in [2.05, 4.69) is 25.0 Å². The largest absolute Gasteiger partial charge is 0.339 e. The highest BCUT2D eigenvalue weighted by Crippen LogP contribution is 2.21. The van der Waals surface area contributed by atoms with Gasteiger partial charge in [0.25, 0.3) is 0 Å². The van der Waals surface area contributed by atoms with Crippen molar-refractivity contribution in [2.45, 2.75) is 32.2 Å². The number of aryl methyl sites for hydroxylation is 3. The van der Waals surface area contributed by atoms with Crippen LogP contribution in [0.1, 0.15) is 29.7 Å². The number of imidazole rings is 1. The van der Waals surface area contributed by atoms with Crippen LogP contribution in [0, 0.1) is 6.92 Å². The molecule has 3 rings (SSSR count). The van der Waals surface area contributed by atoms with E-state index >= 15 is 0 Å². The molecule has 1 N–H and O–H groups in total. The van der Waals surface area contributed by atoms with Crippen LogP contribution in [0.4, 0.5) is 0 Å². The lowest BCUT2D eigenvalue weighted by molar-refractivity contribution is 0.367. The number of hydrogen-bond acceptors (Lipinski definition) is 5. The van der Waals surface area contributed by atoms with Crippen molar-refractivity contribution in [1.82, 2.24) is 25.0 Å². The van der Waals surface area contributed by atoms with Gasteiger partial charge >= 0.3 is 0 Å². The summed E-state index contributed by atoms with van der Waals surface area (Å²) in [4.78, 5) is 8.47. The minimum Gasteiger partial charge on any atom is -0.339 e. The molecule has 6 heteroatoms. The maximum atomic E-state index is 5.12. The molecule has 0 saturated carbocycles. The topological polar surface area (TPSA) is 68.8 Å². The zero-order chi connectivity index (χ0) is 12.4. The Bertz CT molecular complexity index is 512. The van der Waals surface area contributed by atoms with Crippen LogP contribution in [0.15, 0.2) is 17.0 Å². The van der Waals surface area contributed by atoms with Crippen molar-refractivity contribution < 1.29 is 4.52 Å². The summed E-state index contributed by atoms with van der Waals surface area (Å²) in [5.41, 5.74) is 1.30. The van der Waals surface area contributed by atoms with Gasteiger partial charge in [-0.25, -0.2) is 4.98 Å². The average Bonchev–Trinajstić information content (AvgIpc) is 3.07. The molecule has 3 heterocycles. The van der Waals surface area contributed by atoms with E-state index in [1.807, 2.05) is 19.4 Å². The first kappa shape index (κ1) is 11.4. The molecule has 18 heavy (non-hydrogen) atoms. The van der Waals surface area contributed by atoms with E-state index in [4.69, 9.17) is 4.52 Å². The van der Waals surface area contributed by atoms with Gasteiger partial charge in [-0.05, 0) is 19.9 Å². The number of nitrogens with zero attached hydrogens (tertiary/aromatic N) is 4. The first-order chi connectivity index (χ1) is 8.83. The molecule has 1 atom stereocenters. The Morgan fingerprint density at radius 1 is 1.56 bits per heavy atom. The molecular formula is C12H17N5O. The van der Waals surface area contributed by atoms with E-state index in [-0.39, 0.29) is 0 Å². The lowest BCUT2D eigenvalue weighted by Gasteiger charge is -2.11. The van der Waals surface area contributed by atoms with Gasteiger partial charge in [-0.2, -0.15) is 4.98 Å². The Kier molecular flexibility index (Phi) is 3.10. The predicted molar refractivity (Wildman–Crippen MR) is 65.2 cm³/mol. The van der Waals surface area contributed by atoms with Gasteiger partial charge in [-0.15, -0.1) is 0 Å². The van der Waals surface area contributed by atoms with Crippen LogP contribution < -0.4 is 5.32 Å². The second-order valence-electron chi connectivity index (χ2n) is 4.69. The standard InChI is InChI=1S/C12H17N5O/c1-9-15-12(18-16-9)3-5-17-8-14-7-11(17)10-2-4-13-6-10/h7-8,10,13H,2-6H2,1H3. The van der Waals surface area contributed by atoms with Gasteiger partial charge < -0.3 is 14.4 Å². The molecule has 1 aliphatic heterocycles. The third-order valence-corrected chi connectivity index (χ3v) is 3.36. The van der Waals surface area contributed by atoms with Crippen molar-refractivity contribution in [2.75, 3.05) is 13.1 Å². The first-order valence-corrected chi connectivity index (χ1v) is 6.33. The SMILES string of the molecule is Cc1noc(CCn2cncc2C2CCNC2)n1. The summed E-state index contributed by atoms with van der Waals surface area (Å²) < 4.78 is 7.31. The van der Waals surface area contributed by atoms with E-state index in [0.717, 1.165) is 26.1 Å². The number of aromatic nitrogens is 4. The summed E-state index contributed by atoms with van der Waals surface area (Å²) in [7, 11) is 0. The van der Waals surface area contributed by atoms with E-state index in [1.165, 1.54) is 12.1 Å². The molecule has 96 valence electrons. The lowest BCUT2D eigenvalue weighted by Crippen LogP contribution is -2.12. The maximum Gasteiger partial charge on any atom is 0.228 e. The van der Waals surface area contributed by atoms with Gasteiger partial charge in [0, 0.05) is 37.3 Å². The monoisotopic (exact) mass is 247 g/mol. The fraction of sp³-hybridized carbons (Fsp3) is 0.583. The van der Waals surface area contributed by atoms with Gasteiger partial charge in [0.15, 0.2) is 5.82 Å². The van der Waals surface area contributed by atoms with Crippen LogP contribution in [0.5, 0.6) is 0 Å². The number of rotatable bonds is 4. The van der Waals surface area contributed by atoms with Gasteiger partial charge in [-0.1, -0.05) is 5.16 Å². The van der Waals surface area contributed by atoms with Crippen molar-refractivity contribution in [3.05, 3.63) is 29.9 Å². The van der Waals surface area contributed by atoms with Crippen molar-refractivity contribution in [1.29, 1.82) is 0 Å². The Balaban J connectivity index is 1.67. The molecule has 0 amide bonds. The molecule has 0 bridgehead atoms. The van der Waals surface area contributed by atoms with Gasteiger partial charge in [0.2, 0.25) is 5.89 Å². The molecule has 1 fully saturated rings. The molecule has 0 spiro atoms. The molecule has 6 nitrogen and oxygen atoms in total. The van der Waals surface area contributed by atoms with E-state index in [0.29, 0.717) is 17.6 Å². The zero-order valence-corrected chi connectivity index (χ0v) is 10.5. The minimum atomic E-state index is 0.580. The fourth-order valence-corrected chi connectivity index (χ4v) is 2.42. The summed E-state index contributed by atoms with van der Waals surface area (Å²) >= 11 is 0. The normalized spacial score (nSPS) is 19.5. The molecule has 2 aromatic rings. The van der Waals surface area contributed by atoms with Gasteiger partial charge in [0.1, 0.15) is 0 Å². The summed E-state index contributed by atoms with van der Waals surface area (Å²) in [6, 6.07) is 0. The van der Waals surface area contributed by atoms with Crippen LogP contribution in [0.2, 0.25) is 0 Å². The molecule has 0 aromatic carbocycles. The highest BCUT2D eigenvalue weighted by molar-refractivity contribution is 5.09. The van der Waals surface area contributed by atoms with Crippen molar-refractivity contribution in [3.8, 4) is 0 Å². The predicted octanol–water partition coefficient (Wildman–Crippen LogP) is 0.894. The van der Waals surface area contributed by atoms with E-state index < -0.39 is 0 Å². The third kappa shape index (κ3) is 2.28. The molecule has 0 radical (unpaired) electrons. The molecule has 1 unspecified atom stereocenters. The second kappa shape index (κ2) is 4.89. The van der Waals surface area contributed by atoms with E-state index in [9.17, 15) is 0 Å². The van der Waals surface area contributed by atoms with Gasteiger partial charge in [-0.3, -0.25) is 0 Å². The quantitative estimate of drug-likeness (QED) is 0.869. The zero-order valence-electron chi connectivity index (χ0n) is 10.5. The number of nitrogens with one attached hydrogen (secondary N) is 1. The van der Waals surface area contributed by atoms with Crippen LogP contribution in [-0.2, 0) is 13.0 Å². The molecule has 2 aromatic heterocycles. The molecule has 1 aliphatic rings. The van der Waals surface area contributed by atoms with Gasteiger partial charge in [0.05, 0.1) is 6.33 Å². The first-order valence-electron chi connectivity index (χ1n) is 6.33. The highest BCUT2D eigenvalue weighted by atomic mass is 16.5. The average molecular weight is 247 g/mol. The van der Waals surface area contributed by atoms with Crippen molar-refractivity contribution in [2.24, 2.45) is 0 Å². The fourth-order valence-electron chi connectivity index (χ4n) is 2.42. The minimum absolute atomic E-state index is 0.580. The second-order valence-corrected chi connectivity index (χ2v) is 4.69. The highest BCUT2D eigenvalue weighted by Gasteiger charge is 2.20. The third-order valence-electron chi connectivity index (χ3n) is 3.36. The molecular weight excluding hydrogens is 230 g/mol. The maximum absolute atomic E-state index is 5.12. The van der Waals surface area contributed by atoms with Crippen molar-refractivity contribution >= 4 is 0 Å². The van der Waals surface area contributed by atoms with Crippen LogP contribution in [0.3, 0.4) is 0 Å². The van der Waals surface area contributed by atoms with Crippen LogP contribution in [-0.4, -0.2) is 32.8 Å². The Labute approximate surface area is 105 Å². The van der Waals surface area contributed by atoms with Crippen molar-refractivity contribution in [3.63, 3.8) is 0 Å². The molecule has 1 saturated heterocycles. The van der Waals surface area contributed by atoms with Crippen LogP contribution in [0.25, 0.3) is 0 Å². The smallest absolute Gasteiger partial charge is 0.228 e. The summed E-state index contributed by atoms with van der Waals surface area (Å²) in [5.74, 6) is 1.96. The summed E-state index contributed by atoms with van der Waals surface area (Å²) in [6.07, 6.45) is 5.79. The molecule has 0 aliphatic carbocycles. The van der Waals surface area contributed by atoms with E-state index in [1.54, 1.807) is 0 Å². The van der Waals surface area contributed by atoms with Crippen LogP contribution >= 0.6 is 0 Å². The Hall–Kier alpha value is -1.69. The Morgan fingerprint density at radius 3 is 3.22 bits per heavy atom. The Morgan fingerprint density at radius 2 is 2.50 bits per heavy atom. The lowest BCUT2D eigenvalue weighted by atomic mass is 10.1. The number of hydrogen-bond donors (Lipinski definition) is 1. The summed E-state index contributed by atoms with van der Waals surface area (Å²) in [5, 5.41) is 7.18. The summed E-state index contributed by atoms with van der Waals surface area (Å²) in [6.45, 7) is 4.82.